The van der Waals surface area contributed by atoms with Crippen LogP contribution in [0.25, 0.3) is 0 Å². The van der Waals surface area contributed by atoms with Crippen LogP contribution in [0.5, 0.6) is 0 Å². The summed E-state index contributed by atoms with van der Waals surface area (Å²) in [5.41, 5.74) is 1.64. The highest BCUT2D eigenvalue weighted by Crippen LogP contribution is 2.20. The lowest BCUT2D eigenvalue weighted by Gasteiger charge is -2.23. The van der Waals surface area contributed by atoms with Gasteiger partial charge in [0.2, 0.25) is 5.91 Å². The zero-order valence-corrected chi connectivity index (χ0v) is 13.0. The fourth-order valence-electron chi connectivity index (χ4n) is 2.66. The number of nitrogens with zero attached hydrogens (tertiary/aromatic N) is 2. The minimum atomic E-state index is -0.175. The van der Waals surface area contributed by atoms with Gasteiger partial charge in [-0.3, -0.25) is 9.69 Å². The van der Waals surface area contributed by atoms with Crippen LogP contribution in [0.4, 0.5) is 0 Å². The molecule has 1 fully saturated rings. The van der Waals surface area contributed by atoms with Crippen LogP contribution in [0.15, 0.2) is 24.3 Å². The largest absolute Gasteiger partial charge is 0.351 e. The molecular weight excluding hydrogens is 262 g/mol. The second-order valence-corrected chi connectivity index (χ2v) is 6.77. The number of amides is 1. The number of hydrogen-bond donors (Lipinski definition) is 1. The van der Waals surface area contributed by atoms with Crippen LogP contribution in [0.2, 0.25) is 0 Å². The maximum Gasteiger partial charge on any atom is 0.224 e. The first-order valence-corrected chi connectivity index (χ1v) is 7.41. The zero-order valence-electron chi connectivity index (χ0n) is 13.0. The molecular formula is C17H23N3O. The van der Waals surface area contributed by atoms with Gasteiger partial charge < -0.3 is 5.32 Å². The highest BCUT2D eigenvalue weighted by Gasteiger charge is 2.30. The van der Waals surface area contributed by atoms with Gasteiger partial charge in [0, 0.05) is 18.6 Å². The number of carbonyl (C=O) groups is 1. The van der Waals surface area contributed by atoms with Gasteiger partial charge in [-0.05, 0) is 51.4 Å². The summed E-state index contributed by atoms with van der Waals surface area (Å²) < 4.78 is 0. The van der Waals surface area contributed by atoms with Gasteiger partial charge in [-0.1, -0.05) is 12.1 Å². The lowest BCUT2D eigenvalue weighted by Crippen LogP contribution is -2.44. The summed E-state index contributed by atoms with van der Waals surface area (Å²) in [6, 6.07) is 9.84. The monoisotopic (exact) mass is 285 g/mol. The van der Waals surface area contributed by atoms with Crippen molar-refractivity contribution in [3.05, 3.63) is 35.4 Å². The summed E-state index contributed by atoms with van der Waals surface area (Å²) in [6.45, 7) is 8.54. The van der Waals surface area contributed by atoms with E-state index in [2.05, 4.69) is 16.3 Å². The Morgan fingerprint density at radius 3 is 2.90 bits per heavy atom. The summed E-state index contributed by atoms with van der Waals surface area (Å²) in [7, 11) is 0. The molecule has 4 heteroatoms. The maximum atomic E-state index is 12.2. The van der Waals surface area contributed by atoms with Gasteiger partial charge in [0.05, 0.1) is 17.6 Å². The number of nitrogens with one attached hydrogen (secondary N) is 1. The van der Waals surface area contributed by atoms with E-state index in [1.165, 1.54) is 0 Å². The van der Waals surface area contributed by atoms with E-state index in [4.69, 9.17) is 5.26 Å². The number of rotatable bonds is 3. The minimum Gasteiger partial charge on any atom is -0.351 e. The Bertz CT molecular complexity index is 554. The van der Waals surface area contributed by atoms with E-state index in [0.29, 0.717) is 5.56 Å². The number of benzene rings is 1. The Balaban J connectivity index is 1.91. The topological polar surface area (TPSA) is 56.1 Å². The zero-order chi connectivity index (χ0) is 15.5. The van der Waals surface area contributed by atoms with Crippen molar-refractivity contribution in [2.75, 3.05) is 13.1 Å². The predicted octanol–water partition coefficient (Wildman–Crippen LogP) is 2.29. The Morgan fingerprint density at radius 2 is 2.24 bits per heavy atom. The highest BCUT2D eigenvalue weighted by atomic mass is 16.2. The first-order valence-electron chi connectivity index (χ1n) is 7.41. The Hall–Kier alpha value is -1.86. The predicted molar refractivity (Wildman–Crippen MR) is 82.4 cm³/mol. The summed E-state index contributed by atoms with van der Waals surface area (Å²) >= 11 is 0. The summed E-state index contributed by atoms with van der Waals surface area (Å²) in [5.74, 6) is 0.221. The molecule has 4 nitrogen and oxygen atoms in total. The van der Waals surface area contributed by atoms with E-state index >= 15 is 0 Å². The smallest absolute Gasteiger partial charge is 0.224 e. The quantitative estimate of drug-likeness (QED) is 0.927. The van der Waals surface area contributed by atoms with Gasteiger partial charge >= 0.3 is 0 Å². The van der Waals surface area contributed by atoms with Gasteiger partial charge in [-0.25, -0.2) is 0 Å². The van der Waals surface area contributed by atoms with Crippen LogP contribution in [-0.2, 0) is 11.3 Å². The van der Waals surface area contributed by atoms with Crippen molar-refractivity contribution in [3.63, 3.8) is 0 Å². The molecule has 21 heavy (non-hydrogen) atoms. The van der Waals surface area contributed by atoms with E-state index < -0.39 is 0 Å². The van der Waals surface area contributed by atoms with E-state index in [0.717, 1.165) is 31.6 Å². The molecule has 1 saturated heterocycles. The van der Waals surface area contributed by atoms with Gasteiger partial charge in [0.1, 0.15) is 0 Å². The molecule has 0 aliphatic carbocycles. The highest BCUT2D eigenvalue weighted by molar-refractivity contribution is 5.79. The molecule has 1 aromatic rings. The molecule has 1 aliphatic heterocycles. The maximum absolute atomic E-state index is 12.2. The standard InChI is InChI=1S/C17H23N3O/c1-17(2,3)19-16(21)15-7-8-20(12-15)11-14-6-4-5-13(9-14)10-18/h4-6,9,15H,7-8,11-12H2,1-3H3,(H,19,21). The van der Waals surface area contributed by atoms with Crippen LogP contribution in [0.3, 0.4) is 0 Å². The Labute approximate surface area is 126 Å². The van der Waals surface area contributed by atoms with E-state index in [1.807, 2.05) is 45.0 Å². The van der Waals surface area contributed by atoms with Crippen molar-refractivity contribution in [1.82, 2.24) is 10.2 Å². The molecule has 1 unspecified atom stereocenters. The van der Waals surface area contributed by atoms with Crippen molar-refractivity contribution < 1.29 is 4.79 Å². The van der Waals surface area contributed by atoms with Crippen LogP contribution >= 0.6 is 0 Å². The molecule has 0 saturated carbocycles. The molecule has 1 atom stereocenters. The second kappa shape index (κ2) is 6.28. The molecule has 1 aromatic carbocycles. The molecule has 0 bridgehead atoms. The Kier molecular flexibility index (Phi) is 4.64. The molecule has 1 N–H and O–H groups in total. The number of hydrogen-bond acceptors (Lipinski definition) is 3. The van der Waals surface area contributed by atoms with Crippen LogP contribution in [0, 0.1) is 17.2 Å². The fourth-order valence-corrected chi connectivity index (χ4v) is 2.66. The van der Waals surface area contributed by atoms with E-state index in [9.17, 15) is 4.79 Å². The number of likely N-dealkylation sites (tertiary alicyclic amines) is 1. The molecule has 0 spiro atoms. The fraction of sp³-hybridized carbons (Fsp3) is 0.529. The first-order chi connectivity index (χ1) is 9.87. The van der Waals surface area contributed by atoms with Crippen molar-refractivity contribution in [1.29, 1.82) is 5.26 Å². The molecule has 0 radical (unpaired) electrons. The molecule has 1 amide bonds. The second-order valence-electron chi connectivity index (χ2n) is 6.77. The van der Waals surface area contributed by atoms with Crippen molar-refractivity contribution >= 4 is 5.91 Å². The summed E-state index contributed by atoms with van der Waals surface area (Å²) in [5, 5.41) is 12.0. The third-order valence-corrected chi connectivity index (χ3v) is 3.60. The number of carbonyl (C=O) groups excluding carboxylic acids is 1. The van der Waals surface area contributed by atoms with Crippen LogP contribution < -0.4 is 5.32 Å². The third-order valence-electron chi connectivity index (χ3n) is 3.60. The lowest BCUT2D eigenvalue weighted by molar-refractivity contribution is -0.126. The van der Waals surface area contributed by atoms with Crippen molar-refractivity contribution in [3.8, 4) is 6.07 Å². The van der Waals surface area contributed by atoms with Crippen molar-refractivity contribution in [2.45, 2.75) is 39.3 Å². The van der Waals surface area contributed by atoms with E-state index in [-0.39, 0.29) is 17.4 Å². The molecule has 1 heterocycles. The molecule has 1 aliphatic rings. The van der Waals surface area contributed by atoms with E-state index in [1.54, 1.807) is 0 Å². The molecule has 0 aromatic heterocycles. The average molecular weight is 285 g/mol. The minimum absolute atomic E-state index is 0.0726. The molecule has 2 rings (SSSR count). The third kappa shape index (κ3) is 4.57. The average Bonchev–Trinajstić information content (AvgIpc) is 2.85. The van der Waals surface area contributed by atoms with Crippen LogP contribution in [-0.4, -0.2) is 29.4 Å². The van der Waals surface area contributed by atoms with Crippen molar-refractivity contribution in [2.24, 2.45) is 5.92 Å². The normalized spacial score (nSPS) is 19.2. The lowest BCUT2D eigenvalue weighted by atomic mass is 10.0. The Morgan fingerprint density at radius 1 is 1.48 bits per heavy atom. The first kappa shape index (κ1) is 15.5. The van der Waals surface area contributed by atoms with Gasteiger partial charge in [-0.2, -0.15) is 5.26 Å². The molecule has 112 valence electrons. The van der Waals surface area contributed by atoms with Gasteiger partial charge in [0.25, 0.3) is 0 Å². The summed E-state index contributed by atoms with van der Waals surface area (Å²) in [4.78, 5) is 14.5. The van der Waals surface area contributed by atoms with Crippen LogP contribution in [0.1, 0.15) is 38.3 Å². The number of nitriles is 1. The van der Waals surface area contributed by atoms with Gasteiger partial charge in [0.15, 0.2) is 0 Å². The SMILES string of the molecule is CC(C)(C)NC(=O)C1CCN(Cc2cccc(C#N)c2)C1. The van der Waals surface area contributed by atoms with Gasteiger partial charge in [-0.15, -0.1) is 0 Å². The summed E-state index contributed by atoms with van der Waals surface area (Å²) in [6.07, 6.45) is 0.903.